The maximum absolute atomic E-state index is 13.1. The number of carbonyl (C=O) groups is 1. The van der Waals surface area contributed by atoms with E-state index in [4.69, 9.17) is 17.0 Å². The summed E-state index contributed by atoms with van der Waals surface area (Å²) in [4.78, 5) is 13.1. The van der Waals surface area contributed by atoms with Gasteiger partial charge >= 0.3 is 6.61 Å². The van der Waals surface area contributed by atoms with Crippen LogP contribution in [-0.4, -0.2) is 24.6 Å². The van der Waals surface area contributed by atoms with E-state index in [1.54, 1.807) is 36.4 Å². The van der Waals surface area contributed by atoms with E-state index in [1.807, 2.05) is 6.07 Å². The van der Waals surface area contributed by atoms with Crippen LogP contribution >= 0.6 is 12.2 Å². The number of methoxy groups -OCH3 is 1. The van der Waals surface area contributed by atoms with Gasteiger partial charge in [0.05, 0.1) is 19.1 Å². The molecule has 146 valence electrons. The van der Waals surface area contributed by atoms with Gasteiger partial charge in [-0.25, -0.2) is 0 Å². The Labute approximate surface area is 166 Å². The second-order valence-electron chi connectivity index (χ2n) is 6.10. The van der Waals surface area contributed by atoms with Crippen LogP contribution < -0.4 is 20.1 Å². The van der Waals surface area contributed by atoms with Crippen LogP contribution in [-0.2, 0) is 0 Å². The average Bonchev–Trinajstić information content (AvgIpc) is 2.67. The number of Topliss-reactive ketones (excluding diaryl/α,β-unsaturated/α-hetero) is 1. The molecular weight excluding hydrogens is 386 g/mol. The van der Waals surface area contributed by atoms with Crippen LogP contribution in [0.25, 0.3) is 0 Å². The molecular formula is C20H18F2N2O3S. The van der Waals surface area contributed by atoms with E-state index < -0.39 is 18.6 Å². The summed E-state index contributed by atoms with van der Waals surface area (Å²) >= 11 is 5.21. The fourth-order valence-electron chi connectivity index (χ4n) is 3.12. The molecule has 0 aliphatic carbocycles. The molecule has 2 N–H and O–H groups in total. The van der Waals surface area contributed by atoms with Crippen molar-refractivity contribution < 1.29 is 23.0 Å². The molecule has 0 spiro atoms. The van der Waals surface area contributed by atoms with E-state index in [9.17, 15) is 13.6 Å². The number of halogens is 2. The number of thiocarbonyl (C=S) groups is 1. The molecule has 1 saturated heterocycles. The zero-order chi connectivity index (χ0) is 20.3. The van der Waals surface area contributed by atoms with Crippen LogP contribution in [0.15, 0.2) is 60.8 Å². The van der Waals surface area contributed by atoms with E-state index in [0.29, 0.717) is 21.9 Å². The normalized spacial score (nSPS) is 19.0. The van der Waals surface area contributed by atoms with Gasteiger partial charge < -0.3 is 20.1 Å². The van der Waals surface area contributed by atoms with Crippen LogP contribution in [0.4, 0.5) is 8.78 Å². The topological polar surface area (TPSA) is 59.6 Å². The molecule has 0 saturated carbocycles. The third-order valence-electron chi connectivity index (χ3n) is 4.37. The Bertz CT molecular complexity index is 906. The molecule has 0 amide bonds. The van der Waals surface area contributed by atoms with Gasteiger partial charge in [-0.2, -0.15) is 8.78 Å². The highest BCUT2D eigenvalue weighted by Gasteiger charge is 2.37. The van der Waals surface area contributed by atoms with Gasteiger partial charge in [0.2, 0.25) is 0 Å². The van der Waals surface area contributed by atoms with Gasteiger partial charge in [0.15, 0.2) is 22.4 Å². The van der Waals surface area contributed by atoms with Gasteiger partial charge in [-0.3, -0.25) is 4.79 Å². The highest BCUT2D eigenvalue weighted by atomic mass is 32.1. The average molecular weight is 404 g/mol. The Kier molecular flexibility index (Phi) is 5.89. The summed E-state index contributed by atoms with van der Waals surface area (Å²) in [6.45, 7) is 0.978. The van der Waals surface area contributed by atoms with Gasteiger partial charge in [0.25, 0.3) is 0 Å². The van der Waals surface area contributed by atoms with Crippen molar-refractivity contribution in [3.8, 4) is 11.5 Å². The summed E-state index contributed by atoms with van der Waals surface area (Å²) in [5, 5.41) is 6.28. The lowest BCUT2D eigenvalue weighted by Crippen LogP contribution is -2.50. The maximum atomic E-state index is 13.1. The van der Waals surface area contributed by atoms with Gasteiger partial charge in [0, 0.05) is 11.3 Å². The molecule has 8 heteroatoms. The van der Waals surface area contributed by atoms with Crippen LogP contribution in [0.2, 0.25) is 0 Å². The quantitative estimate of drug-likeness (QED) is 0.564. The first-order chi connectivity index (χ1) is 13.4. The Hall–Kier alpha value is -3.00. The lowest BCUT2D eigenvalue weighted by atomic mass is 9.83. The van der Waals surface area contributed by atoms with Crippen LogP contribution in [0, 0.1) is 5.92 Å². The summed E-state index contributed by atoms with van der Waals surface area (Å²) in [5.74, 6) is -0.784. The molecule has 0 radical (unpaired) electrons. The molecule has 3 rings (SSSR count). The zero-order valence-corrected chi connectivity index (χ0v) is 15.8. The molecule has 1 aliphatic rings. The Morgan fingerprint density at radius 2 is 1.89 bits per heavy atom. The minimum Gasteiger partial charge on any atom is -0.493 e. The zero-order valence-electron chi connectivity index (χ0n) is 14.9. The van der Waals surface area contributed by atoms with Crippen LogP contribution in [0.1, 0.15) is 22.0 Å². The SMILES string of the molecule is C=C1NC(=S)N[C@H](c2ccc(OC(F)F)c(OC)c2)[C@@H]1C(=O)c1ccccc1. The van der Waals surface area contributed by atoms with Gasteiger partial charge in [-0.1, -0.05) is 43.0 Å². The van der Waals surface area contributed by atoms with Gasteiger partial charge in [0.1, 0.15) is 0 Å². The lowest BCUT2D eigenvalue weighted by molar-refractivity contribution is -0.0512. The maximum Gasteiger partial charge on any atom is 0.387 e. The van der Waals surface area contributed by atoms with Crippen molar-refractivity contribution in [2.45, 2.75) is 12.7 Å². The number of hydrogen-bond donors (Lipinski definition) is 2. The predicted molar refractivity (Wildman–Crippen MR) is 105 cm³/mol. The third kappa shape index (κ3) is 4.12. The lowest BCUT2D eigenvalue weighted by Gasteiger charge is -2.35. The number of ketones is 1. The number of hydrogen-bond acceptors (Lipinski definition) is 4. The second kappa shape index (κ2) is 8.35. The van der Waals surface area contributed by atoms with Crippen molar-refractivity contribution in [3.63, 3.8) is 0 Å². The first-order valence-corrected chi connectivity index (χ1v) is 8.80. The van der Waals surface area contributed by atoms with Crippen molar-refractivity contribution in [1.29, 1.82) is 0 Å². The van der Waals surface area contributed by atoms with Crippen molar-refractivity contribution in [3.05, 3.63) is 71.9 Å². The first kappa shape index (κ1) is 19.8. The van der Waals surface area contributed by atoms with E-state index in [0.717, 1.165) is 0 Å². The molecule has 2 aromatic carbocycles. The fraction of sp³-hybridized carbons (Fsp3) is 0.200. The van der Waals surface area contributed by atoms with E-state index in [-0.39, 0.29) is 17.3 Å². The smallest absolute Gasteiger partial charge is 0.387 e. The third-order valence-corrected chi connectivity index (χ3v) is 4.59. The van der Waals surface area contributed by atoms with Crippen molar-refractivity contribution in [2.24, 2.45) is 5.92 Å². The standard InChI is InChI=1S/C20H18F2N2O3S/c1-11-16(18(25)12-6-4-3-5-7-12)17(24-20(28)23-11)13-8-9-14(27-19(21)22)15(10-13)26-2/h3-10,16-17,19H,1H2,2H3,(H2,23,24,28)/t16-,17-/m1/s1. The van der Waals surface area contributed by atoms with Crippen LogP contribution in [0.3, 0.4) is 0 Å². The largest absolute Gasteiger partial charge is 0.493 e. The Balaban J connectivity index is 2.00. The molecule has 1 aliphatic heterocycles. The summed E-state index contributed by atoms with van der Waals surface area (Å²) < 4.78 is 34.8. The van der Waals surface area contributed by atoms with Crippen molar-refractivity contribution >= 4 is 23.1 Å². The monoisotopic (exact) mass is 404 g/mol. The van der Waals surface area contributed by atoms with Crippen molar-refractivity contribution in [2.75, 3.05) is 7.11 Å². The minimum absolute atomic E-state index is 0.0949. The number of ether oxygens (including phenoxy) is 2. The molecule has 0 bridgehead atoms. The van der Waals surface area contributed by atoms with E-state index in [1.165, 1.54) is 13.2 Å². The molecule has 0 unspecified atom stereocenters. The first-order valence-electron chi connectivity index (χ1n) is 8.39. The van der Waals surface area contributed by atoms with E-state index in [2.05, 4.69) is 21.9 Å². The molecule has 0 aromatic heterocycles. The molecule has 2 aromatic rings. The summed E-state index contributed by atoms with van der Waals surface area (Å²) in [6.07, 6.45) is 0. The number of benzene rings is 2. The van der Waals surface area contributed by atoms with E-state index >= 15 is 0 Å². The van der Waals surface area contributed by atoms with Crippen LogP contribution in [0.5, 0.6) is 11.5 Å². The Morgan fingerprint density at radius 1 is 1.18 bits per heavy atom. The highest BCUT2D eigenvalue weighted by Crippen LogP contribution is 2.37. The van der Waals surface area contributed by atoms with Crippen molar-refractivity contribution in [1.82, 2.24) is 10.6 Å². The Morgan fingerprint density at radius 3 is 2.54 bits per heavy atom. The number of alkyl halides is 2. The molecule has 1 heterocycles. The molecule has 1 fully saturated rings. The minimum atomic E-state index is -2.98. The summed E-state index contributed by atoms with van der Waals surface area (Å²) in [5.41, 5.74) is 1.60. The summed E-state index contributed by atoms with van der Waals surface area (Å²) in [7, 11) is 1.35. The fourth-order valence-corrected chi connectivity index (χ4v) is 3.38. The molecule has 2 atom stereocenters. The highest BCUT2D eigenvalue weighted by molar-refractivity contribution is 7.80. The summed E-state index contributed by atoms with van der Waals surface area (Å²) in [6, 6.07) is 12.8. The predicted octanol–water partition coefficient (Wildman–Crippen LogP) is 3.83. The second-order valence-corrected chi connectivity index (χ2v) is 6.51. The van der Waals surface area contributed by atoms with Gasteiger partial charge in [-0.05, 0) is 29.9 Å². The number of rotatable bonds is 6. The van der Waals surface area contributed by atoms with Gasteiger partial charge in [-0.15, -0.1) is 0 Å². The number of nitrogens with one attached hydrogen (secondary N) is 2. The number of carbonyl (C=O) groups excluding carboxylic acids is 1. The molecule has 28 heavy (non-hydrogen) atoms. The molecule has 5 nitrogen and oxygen atoms in total.